The van der Waals surface area contributed by atoms with Gasteiger partial charge in [0.1, 0.15) is 19.3 Å². The Morgan fingerprint density at radius 2 is 0.490 bits per heavy atom. The summed E-state index contributed by atoms with van der Waals surface area (Å²) in [6.45, 7) is 9.71. The lowest BCUT2D eigenvalue weighted by Crippen LogP contribution is -2.30. The zero-order chi connectivity index (χ0) is 76.4. The van der Waals surface area contributed by atoms with E-state index in [1.807, 2.05) is 0 Å². The minimum absolute atomic E-state index is 0.108. The molecule has 0 spiro atoms. The summed E-state index contributed by atoms with van der Waals surface area (Å²) < 4.78 is 68.9. The summed E-state index contributed by atoms with van der Waals surface area (Å²) in [5.41, 5.74) is 0. The zero-order valence-corrected chi connectivity index (χ0v) is 70.1. The second-order valence-corrected chi connectivity index (χ2v) is 34.2. The molecule has 0 heterocycles. The molecule has 6 atom stereocenters. The summed E-state index contributed by atoms with van der Waals surface area (Å²) in [6, 6.07) is 0. The first-order chi connectivity index (χ1) is 50.4. The van der Waals surface area contributed by atoms with Crippen LogP contribution in [0.15, 0.2) is 0 Å². The van der Waals surface area contributed by atoms with Gasteiger partial charge < -0.3 is 33.8 Å². The van der Waals surface area contributed by atoms with Crippen molar-refractivity contribution in [2.45, 2.75) is 471 Å². The van der Waals surface area contributed by atoms with Crippen molar-refractivity contribution in [1.82, 2.24) is 0 Å². The highest BCUT2D eigenvalue weighted by molar-refractivity contribution is 7.47. The second-order valence-electron chi connectivity index (χ2n) is 31.3. The summed E-state index contributed by atoms with van der Waals surface area (Å²) in [6.07, 6.45) is 67.9. The smallest absolute Gasteiger partial charge is 0.462 e. The third kappa shape index (κ3) is 76.8. The van der Waals surface area contributed by atoms with E-state index in [4.69, 9.17) is 37.0 Å². The van der Waals surface area contributed by atoms with E-state index in [-0.39, 0.29) is 25.7 Å². The molecule has 0 saturated carbocycles. The third-order valence-corrected chi connectivity index (χ3v) is 22.2. The predicted molar refractivity (Wildman–Crippen MR) is 428 cm³/mol. The first kappa shape index (κ1) is 102. The van der Waals surface area contributed by atoms with Gasteiger partial charge in [-0.15, -0.1) is 0 Å². The fraction of sp³-hybridized carbons (Fsp3) is 0.953. The highest BCUT2D eigenvalue weighted by Gasteiger charge is 2.30. The van der Waals surface area contributed by atoms with Gasteiger partial charge in [0.2, 0.25) is 0 Å². The van der Waals surface area contributed by atoms with Crippen LogP contribution in [0.1, 0.15) is 452 Å². The molecule has 0 rings (SSSR count). The highest BCUT2D eigenvalue weighted by atomic mass is 31.2. The molecule has 0 amide bonds. The van der Waals surface area contributed by atoms with Crippen molar-refractivity contribution in [1.29, 1.82) is 0 Å². The van der Waals surface area contributed by atoms with Gasteiger partial charge in [-0.05, 0) is 37.5 Å². The number of unbranched alkanes of at least 4 members (excludes halogenated alkanes) is 53. The second kappa shape index (κ2) is 76.4. The molecule has 104 heavy (non-hydrogen) atoms. The summed E-state index contributed by atoms with van der Waals surface area (Å²) in [4.78, 5) is 73.2. The molecule has 0 aliphatic heterocycles. The molecule has 618 valence electrons. The van der Waals surface area contributed by atoms with Crippen LogP contribution < -0.4 is 0 Å². The Morgan fingerprint density at radius 1 is 0.279 bits per heavy atom. The van der Waals surface area contributed by atoms with Gasteiger partial charge in [-0.2, -0.15) is 0 Å². The molecule has 0 aromatic rings. The number of phosphoric acid groups is 2. The molecular formula is C85H166O17P2. The largest absolute Gasteiger partial charge is 0.472 e. The molecule has 3 unspecified atom stereocenters. The van der Waals surface area contributed by atoms with Crippen LogP contribution in [0.5, 0.6) is 0 Å². The maximum absolute atomic E-state index is 13.1. The van der Waals surface area contributed by atoms with E-state index in [2.05, 4.69) is 41.5 Å². The normalized spacial score (nSPS) is 14.1. The van der Waals surface area contributed by atoms with E-state index in [1.165, 1.54) is 270 Å². The van der Waals surface area contributed by atoms with Gasteiger partial charge in [-0.1, -0.05) is 401 Å². The average molecular weight is 1520 g/mol. The summed E-state index contributed by atoms with van der Waals surface area (Å²) in [7, 11) is -9.93. The molecule has 17 nitrogen and oxygen atoms in total. The first-order valence-electron chi connectivity index (χ1n) is 44.0. The first-order valence-corrected chi connectivity index (χ1v) is 47.0. The molecule has 0 aromatic heterocycles. The van der Waals surface area contributed by atoms with Crippen molar-refractivity contribution >= 4 is 39.5 Å². The monoisotopic (exact) mass is 1520 g/mol. The predicted octanol–water partition coefficient (Wildman–Crippen LogP) is 25.8. The quantitative estimate of drug-likeness (QED) is 0.0222. The Hall–Kier alpha value is -1.94. The summed E-state index contributed by atoms with van der Waals surface area (Å²) in [5.74, 6) is -0.504. The van der Waals surface area contributed by atoms with Crippen LogP contribution in [0.2, 0.25) is 0 Å². The fourth-order valence-corrected chi connectivity index (χ4v) is 14.8. The van der Waals surface area contributed by atoms with Crippen molar-refractivity contribution in [3.63, 3.8) is 0 Å². The minimum Gasteiger partial charge on any atom is -0.462 e. The minimum atomic E-state index is -4.97. The lowest BCUT2D eigenvalue weighted by molar-refractivity contribution is -0.161. The number of hydrogen-bond acceptors (Lipinski definition) is 15. The van der Waals surface area contributed by atoms with Gasteiger partial charge in [0.05, 0.1) is 26.4 Å². The van der Waals surface area contributed by atoms with Crippen molar-refractivity contribution in [2.24, 2.45) is 11.8 Å². The Labute approximate surface area is 638 Å². The van der Waals surface area contributed by atoms with E-state index in [9.17, 15) is 43.2 Å². The van der Waals surface area contributed by atoms with Crippen molar-refractivity contribution in [3.8, 4) is 0 Å². The number of aliphatic hydroxyl groups excluding tert-OH is 1. The Balaban J connectivity index is 5.25. The molecule has 0 bridgehead atoms. The van der Waals surface area contributed by atoms with Gasteiger partial charge in [0.15, 0.2) is 12.2 Å². The number of hydrogen-bond donors (Lipinski definition) is 3. The van der Waals surface area contributed by atoms with Crippen LogP contribution in [0.25, 0.3) is 0 Å². The fourth-order valence-electron chi connectivity index (χ4n) is 13.2. The van der Waals surface area contributed by atoms with Crippen LogP contribution in [0, 0.1) is 11.8 Å². The average Bonchev–Trinajstić information content (AvgIpc) is 0.909. The Kier molecular flexibility index (Phi) is 75.0. The van der Waals surface area contributed by atoms with Crippen molar-refractivity contribution in [2.75, 3.05) is 39.6 Å². The number of rotatable bonds is 84. The number of aliphatic hydroxyl groups is 1. The molecule has 0 aliphatic carbocycles. The van der Waals surface area contributed by atoms with Crippen LogP contribution in [0.3, 0.4) is 0 Å². The molecule has 0 fully saturated rings. The SMILES string of the molecule is CCCCCCCCCCCCCCCCCCCC(=O)OC[C@H](COP(=O)(O)OC[C@@H](O)COP(=O)(O)OC[C@@H](COC(=O)CCCCCCCCCCC(C)CC)OC(=O)CCCCCCCCCCCCCCCC)OC(=O)CCCCCCCCCCCCCCCCCCCCC(C)C. The highest BCUT2D eigenvalue weighted by Crippen LogP contribution is 2.45. The molecule has 19 heteroatoms. The number of carbonyl (C=O) groups is 4. The maximum Gasteiger partial charge on any atom is 0.472 e. The van der Waals surface area contributed by atoms with Gasteiger partial charge >= 0.3 is 39.5 Å². The van der Waals surface area contributed by atoms with Crippen LogP contribution in [-0.2, 0) is 65.4 Å². The number of carbonyl (C=O) groups excluding carboxylic acids is 4. The topological polar surface area (TPSA) is 237 Å². The van der Waals surface area contributed by atoms with Crippen LogP contribution in [0.4, 0.5) is 0 Å². The third-order valence-electron chi connectivity index (χ3n) is 20.3. The van der Waals surface area contributed by atoms with E-state index >= 15 is 0 Å². The van der Waals surface area contributed by atoms with E-state index in [0.29, 0.717) is 25.7 Å². The van der Waals surface area contributed by atoms with Crippen LogP contribution in [-0.4, -0.2) is 96.7 Å². The van der Waals surface area contributed by atoms with Crippen LogP contribution >= 0.6 is 15.6 Å². The van der Waals surface area contributed by atoms with E-state index in [1.54, 1.807) is 0 Å². The van der Waals surface area contributed by atoms with Crippen molar-refractivity contribution in [3.05, 3.63) is 0 Å². The lowest BCUT2D eigenvalue weighted by atomic mass is 9.99. The summed E-state index contributed by atoms with van der Waals surface area (Å²) in [5, 5.41) is 10.7. The zero-order valence-electron chi connectivity index (χ0n) is 68.3. The van der Waals surface area contributed by atoms with Gasteiger partial charge in [-0.25, -0.2) is 9.13 Å². The Morgan fingerprint density at radius 3 is 0.731 bits per heavy atom. The number of esters is 4. The van der Waals surface area contributed by atoms with Gasteiger partial charge in [0.25, 0.3) is 0 Å². The van der Waals surface area contributed by atoms with Crippen molar-refractivity contribution < 1.29 is 80.2 Å². The van der Waals surface area contributed by atoms with Gasteiger partial charge in [-0.3, -0.25) is 37.3 Å². The molecule has 0 radical (unpaired) electrons. The summed E-state index contributed by atoms with van der Waals surface area (Å²) >= 11 is 0. The Bertz CT molecular complexity index is 2000. The molecule has 0 aromatic carbocycles. The lowest BCUT2D eigenvalue weighted by Gasteiger charge is -2.21. The molecule has 3 N–H and O–H groups in total. The standard InChI is InChI=1S/C85H166O17P2/c1-7-10-12-14-16-18-20-22-24-27-31-35-38-42-49-55-61-67-82(87)95-73-80(101-85(90)70-64-58-52-44-40-36-32-29-26-25-28-30-33-37-41-47-53-59-65-77(4)5)75-99-103(91,92)97-71-79(86)72-98-104(93,94)100-76-81(74-96-83(88)68-62-56-50-46-45-48-54-60-66-78(6)9-3)102-84(89)69-63-57-51-43-39-34-23-21-19-17-15-13-11-8-2/h77-81,86H,7-76H2,1-6H3,(H,91,92)(H,93,94)/t78?,79-,80-,81-/m1/s1. The molecule has 0 aliphatic rings. The molecule has 0 saturated heterocycles. The van der Waals surface area contributed by atoms with E-state index in [0.717, 1.165) is 102 Å². The van der Waals surface area contributed by atoms with Gasteiger partial charge in [0, 0.05) is 25.7 Å². The maximum atomic E-state index is 13.1. The number of phosphoric ester groups is 2. The van der Waals surface area contributed by atoms with E-state index < -0.39 is 97.5 Å². The number of ether oxygens (including phenoxy) is 4. The molecular weight excluding hydrogens is 1350 g/mol.